The third kappa shape index (κ3) is 5.14. The van der Waals surface area contributed by atoms with Crippen molar-refractivity contribution < 1.29 is 18.4 Å². The highest BCUT2D eigenvalue weighted by molar-refractivity contribution is 5.99. The molecule has 5 nitrogen and oxygen atoms in total. The van der Waals surface area contributed by atoms with Crippen LogP contribution >= 0.6 is 0 Å². The predicted octanol–water partition coefficient (Wildman–Crippen LogP) is 4.38. The van der Waals surface area contributed by atoms with Crippen molar-refractivity contribution >= 4 is 17.5 Å². The van der Waals surface area contributed by atoms with E-state index < -0.39 is 17.3 Å². The van der Waals surface area contributed by atoms with E-state index in [4.69, 9.17) is 0 Å². The highest BCUT2D eigenvalue weighted by Gasteiger charge is 2.63. The van der Waals surface area contributed by atoms with Crippen molar-refractivity contribution in [2.45, 2.75) is 56.9 Å². The number of fused-ring (bicyclic) bond motifs is 1. The lowest BCUT2D eigenvalue weighted by Crippen LogP contribution is -2.43. The summed E-state index contributed by atoms with van der Waals surface area (Å²) in [6, 6.07) is 15.2. The average molecular weight is 470 g/mol. The van der Waals surface area contributed by atoms with Gasteiger partial charge < -0.3 is 15.5 Å². The number of carbonyl (C=O) groups is 2. The summed E-state index contributed by atoms with van der Waals surface area (Å²) >= 11 is 0. The van der Waals surface area contributed by atoms with E-state index in [0.717, 1.165) is 29.3 Å². The van der Waals surface area contributed by atoms with Gasteiger partial charge in [0, 0.05) is 36.0 Å². The van der Waals surface area contributed by atoms with Crippen LogP contribution in [0.15, 0.2) is 48.5 Å². The van der Waals surface area contributed by atoms with Crippen LogP contribution in [-0.4, -0.2) is 49.3 Å². The maximum atomic E-state index is 14.6. The number of alkyl halides is 2. The number of hydrogen-bond acceptors (Lipinski definition) is 3. The molecule has 1 fully saturated rings. The number of likely N-dealkylation sites (N-methyl/N-ethyl adjacent to an activating group) is 1. The Morgan fingerprint density at radius 3 is 2.50 bits per heavy atom. The van der Waals surface area contributed by atoms with Gasteiger partial charge in [0.15, 0.2) is 0 Å². The minimum Gasteiger partial charge on any atom is -0.355 e. The van der Waals surface area contributed by atoms with Crippen LogP contribution in [0.2, 0.25) is 0 Å². The molecular formula is C27H33F2N3O2. The summed E-state index contributed by atoms with van der Waals surface area (Å²) in [5.74, 6) is -3.57. The Balaban J connectivity index is 1.41. The Hall–Kier alpha value is -2.80. The maximum Gasteiger partial charge on any atom is 0.251 e. The average Bonchev–Trinajstić information content (AvgIpc) is 3.51. The highest BCUT2D eigenvalue weighted by atomic mass is 19.3. The van der Waals surface area contributed by atoms with Gasteiger partial charge in [-0.15, -0.1) is 0 Å². The second kappa shape index (κ2) is 9.45. The molecular weight excluding hydrogens is 436 g/mol. The zero-order valence-electron chi connectivity index (χ0n) is 20.0. The van der Waals surface area contributed by atoms with Crippen molar-refractivity contribution in [2.75, 3.05) is 26.0 Å². The number of carbonyl (C=O) groups excluding carboxylic acids is 2. The molecule has 0 saturated heterocycles. The molecule has 4 rings (SSSR count). The summed E-state index contributed by atoms with van der Waals surface area (Å²) in [5.41, 5.74) is 2.58. The monoisotopic (exact) mass is 469 g/mol. The standard InChI is InChI=1S/C27H33F2N3O2/c1-26(28,29)27(11-12-27)22(19-7-5-4-6-8-19)16-24(33)30-17-21(32(2)3)14-18-9-10-23-20(13-18)15-25(34)31-23/h4-10,13,21-22H,11-12,14-17H2,1-3H3,(H,30,33)(H,31,34)/t21-,22+/m0/s1. The van der Waals surface area contributed by atoms with Crippen LogP contribution in [0.1, 0.15) is 48.8 Å². The molecule has 2 amide bonds. The summed E-state index contributed by atoms with van der Waals surface area (Å²) < 4.78 is 29.1. The molecule has 182 valence electrons. The number of hydrogen-bond donors (Lipinski definition) is 2. The molecule has 2 atom stereocenters. The molecule has 34 heavy (non-hydrogen) atoms. The topological polar surface area (TPSA) is 61.4 Å². The maximum absolute atomic E-state index is 14.6. The first kappa shape index (κ1) is 24.3. The van der Waals surface area contributed by atoms with E-state index in [1.165, 1.54) is 0 Å². The summed E-state index contributed by atoms with van der Waals surface area (Å²) in [7, 11) is 3.91. The summed E-state index contributed by atoms with van der Waals surface area (Å²) in [6.45, 7) is 1.40. The van der Waals surface area contributed by atoms with E-state index in [2.05, 4.69) is 10.6 Å². The molecule has 1 aliphatic heterocycles. The van der Waals surface area contributed by atoms with Gasteiger partial charge in [0.25, 0.3) is 5.92 Å². The Morgan fingerprint density at radius 2 is 1.88 bits per heavy atom. The molecule has 2 N–H and O–H groups in total. The number of nitrogens with one attached hydrogen (secondary N) is 2. The lowest BCUT2D eigenvalue weighted by molar-refractivity contribution is -0.124. The van der Waals surface area contributed by atoms with Gasteiger partial charge in [0.2, 0.25) is 11.8 Å². The molecule has 2 aromatic carbocycles. The Morgan fingerprint density at radius 1 is 1.18 bits per heavy atom. The largest absolute Gasteiger partial charge is 0.355 e. The fraction of sp³-hybridized carbons (Fsp3) is 0.481. The first-order chi connectivity index (χ1) is 16.1. The zero-order valence-corrected chi connectivity index (χ0v) is 20.0. The van der Waals surface area contributed by atoms with E-state index in [9.17, 15) is 18.4 Å². The molecule has 2 aromatic rings. The first-order valence-corrected chi connectivity index (χ1v) is 11.9. The fourth-order valence-corrected chi connectivity index (χ4v) is 5.15. The summed E-state index contributed by atoms with van der Waals surface area (Å²) in [6.07, 6.45) is 1.99. The van der Waals surface area contributed by atoms with Crippen molar-refractivity contribution in [2.24, 2.45) is 5.41 Å². The third-order valence-corrected chi connectivity index (χ3v) is 7.45. The number of rotatable bonds is 10. The minimum atomic E-state index is -2.84. The van der Waals surface area contributed by atoms with Crippen LogP contribution in [0, 0.1) is 5.41 Å². The van der Waals surface area contributed by atoms with Crippen LogP contribution in [0.25, 0.3) is 0 Å². The fourth-order valence-electron chi connectivity index (χ4n) is 5.15. The molecule has 1 heterocycles. The van der Waals surface area contributed by atoms with Gasteiger partial charge in [0.05, 0.1) is 6.42 Å². The molecule has 0 bridgehead atoms. The Labute approximate surface area is 199 Å². The van der Waals surface area contributed by atoms with E-state index in [-0.39, 0.29) is 24.3 Å². The van der Waals surface area contributed by atoms with E-state index in [1.807, 2.05) is 67.5 Å². The van der Waals surface area contributed by atoms with Crippen LogP contribution in [0.4, 0.5) is 14.5 Å². The van der Waals surface area contributed by atoms with Crippen LogP contribution in [-0.2, 0) is 22.4 Å². The zero-order chi connectivity index (χ0) is 24.5. The van der Waals surface area contributed by atoms with Crippen molar-refractivity contribution in [1.82, 2.24) is 10.2 Å². The van der Waals surface area contributed by atoms with Crippen molar-refractivity contribution in [3.63, 3.8) is 0 Å². The van der Waals surface area contributed by atoms with Gasteiger partial charge in [-0.05, 0) is 63.0 Å². The molecule has 2 aliphatic rings. The summed E-state index contributed by atoms with van der Waals surface area (Å²) in [5, 5.41) is 5.84. The molecule has 0 unspecified atom stereocenters. The lowest BCUT2D eigenvalue weighted by Gasteiger charge is -2.32. The normalized spacial score (nSPS) is 18.2. The number of amides is 2. The van der Waals surface area contributed by atoms with E-state index in [1.54, 1.807) is 0 Å². The lowest BCUT2D eigenvalue weighted by atomic mass is 9.77. The van der Waals surface area contributed by atoms with Gasteiger partial charge in [-0.2, -0.15) is 0 Å². The van der Waals surface area contributed by atoms with Gasteiger partial charge in [0.1, 0.15) is 0 Å². The molecule has 1 saturated carbocycles. The van der Waals surface area contributed by atoms with E-state index in [0.29, 0.717) is 32.2 Å². The van der Waals surface area contributed by atoms with Crippen LogP contribution < -0.4 is 10.6 Å². The van der Waals surface area contributed by atoms with Gasteiger partial charge in [-0.1, -0.05) is 42.5 Å². The van der Waals surface area contributed by atoms with Crippen LogP contribution in [0.3, 0.4) is 0 Å². The molecule has 0 radical (unpaired) electrons. The number of benzene rings is 2. The SMILES string of the molecule is CN(C)[C@H](CNC(=O)C[C@H](c1ccccc1)C1(C(C)(F)F)CC1)Cc1ccc2c(c1)CC(=O)N2. The second-order valence-electron chi connectivity index (χ2n) is 10.1. The quantitative estimate of drug-likeness (QED) is 0.543. The van der Waals surface area contributed by atoms with Crippen molar-refractivity contribution in [1.29, 1.82) is 0 Å². The number of nitrogens with zero attached hydrogens (tertiary/aromatic N) is 1. The number of anilines is 1. The van der Waals surface area contributed by atoms with Crippen molar-refractivity contribution in [3.8, 4) is 0 Å². The highest BCUT2D eigenvalue weighted by Crippen LogP contribution is 2.65. The van der Waals surface area contributed by atoms with E-state index >= 15 is 0 Å². The van der Waals surface area contributed by atoms with Gasteiger partial charge in [-0.3, -0.25) is 9.59 Å². The first-order valence-electron chi connectivity index (χ1n) is 11.9. The molecule has 7 heteroatoms. The molecule has 0 spiro atoms. The minimum absolute atomic E-state index is 0.00244. The molecule has 0 aromatic heterocycles. The second-order valence-corrected chi connectivity index (χ2v) is 10.1. The van der Waals surface area contributed by atoms with Crippen LogP contribution in [0.5, 0.6) is 0 Å². The molecule has 1 aliphatic carbocycles. The predicted molar refractivity (Wildman–Crippen MR) is 129 cm³/mol. The van der Waals surface area contributed by atoms with Gasteiger partial charge >= 0.3 is 0 Å². The number of halogens is 2. The smallest absolute Gasteiger partial charge is 0.251 e. The summed E-state index contributed by atoms with van der Waals surface area (Å²) in [4.78, 5) is 26.7. The Kier molecular flexibility index (Phi) is 6.76. The third-order valence-electron chi connectivity index (χ3n) is 7.45. The van der Waals surface area contributed by atoms with Gasteiger partial charge in [-0.25, -0.2) is 8.78 Å². The Bertz CT molecular complexity index is 1050. The van der Waals surface area contributed by atoms with Crippen molar-refractivity contribution in [3.05, 3.63) is 65.2 Å².